The molecule has 1 aromatic heterocycles. The standard InChI is InChI=1S/C13H12BrClFNS/c1-7-9(6-12(14)18-7)13(17-2)8-3-4-10(15)11(16)5-8/h3-6,13,17H,1-2H3. The lowest BCUT2D eigenvalue weighted by Crippen LogP contribution is -2.18. The van der Waals surface area contributed by atoms with Crippen LogP contribution in [0.2, 0.25) is 5.02 Å². The summed E-state index contributed by atoms with van der Waals surface area (Å²) < 4.78 is 14.6. The maximum Gasteiger partial charge on any atom is 0.142 e. The molecular formula is C13H12BrClFNS. The second-order valence-corrected chi connectivity index (χ2v) is 7.00. The second-order valence-electron chi connectivity index (χ2n) is 3.96. The second kappa shape index (κ2) is 5.70. The number of benzene rings is 1. The molecule has 0 fully saturated rings. The van der Waals surface area contributed by atoms with Crippen LogP contribution in [0.5, 0.6) is 0 Å². The first-order chi connectivity index (χ1) is 8.52. The molecule has 0 amide bonds. The molecular weight excluding hydrogens is 337 g/mol. The first-order valence-electron chi connectivity index (χ1n) is 5.41. The Labute approximate surface area is 123 Å². The average molecular weight is 349 g/mol. The fourth-order valence-corrected chi connectivity index (χ4v) is 3.80. The Morgan fingerprint density at radius 2 is 2.11 bits per heavy atom. The molecule has 96 valence electrons. The van der Waals surface area contributed by atoms with Gasteiger partial charge in [0.05, 0.1) is 14.9 Å². The van der Waals surface area contributed by atoms with Crippen molar-refractivity contribution in [1.82, 2.24) is 5.32 Å². The van der Waals surface area contributed by atoms with E-state index in [1.807, 2.05) is 13.1 Å². The quantitative estimate of drug-likeness (QED) is 0.830. The van der Waals surface area contributed by atoms with Gasteiger partial charge in [0, 0.05) is 4.88 Å². The fourth-order valence-electron chi connectivity index (χ4n) is 1.94. The smallest absolute Gasteiger partial charge is 0.142 e. The zero-order chi connectivity index (χ0) is 13.3. The van der Waals surface area contributed by atoms with Gasteiger partial charge in [0.1, 0.15) is 5.82 Å². The number of hydrogen-bond acceptors (Lipinski definition) is 2. The molecule has 1 heterocycles. The third-order valence-electron chi connectivity index (χ3n) is 2.80. The normalized spacial score (nSPS) is 12.7. The van der Waals surface area contributed by atoms with Gasteiger partial charge in [-0.15, -0.1) is 11.3 Å². The van der Waals surface area contributed by atoms with E-state index in [-0.39, 0.29) is 16.9 Å². The van der Waals surface area contributed by atoms with E-state index in [9.17, 15) is 4.39 Å². The zero-order valence-electron chi connectivity index (χ0n) is 9.93. The van der Waals surface area contributed by atoms with Gasteiger partial charge in [-0.05, 0) is 59.2 Å². The Balaban J connectivity index is 2.45. The van der Waals surface area contributed by atoms with Gasteiger partial charge < -0.3 is 5.32 Å². The first-order valence-corrected chi connectivity index (χ1v) is 7.39. The maximum atomic E-state index is 13.5. The van der Waals surface area contributed by atoms with Gasteiger partial charge in [-0.2, -0.15) is 0 Å². The van der Waals surface area contributed by atoms with E-state index in [0.717, 1.165) is 14.9 Å². The van der Waals surface area contributed by atoms with Crippen LogP contribution in [-0.4, -0.2) is 7.05 Å². The Morgan fingerprint density at radius 3 is 2.61 bits per heavy atom. The van der Waals surface area contributed by atoms with E-state index in [2.05, 4.69) is 34.2 Å². The lowest BCUT2D eigenvalue weighted by atomic mass is 9.99. The first kappa shape index (κ1) is 14.0. The Morgan fingerprint density at radius 1 is 1.39 bits per heavy atom. The molecule has 0 bridgehead atoms. The molecule has 0 saturated heterocycles. The summed E-state index contributed by atoms with van der Waals surface area (Å²) in [6, 6.07) is 6.95. The molecule has 1 aromatic carbocycles. The summed E-state index contributed by atoms with van der Waals surface area (Å²) in [4.78, 5) is 1.21. The van der Waals surface area contributed by atoms with E-state index < -0.39 is 0 Å². The van der Waals surface area contributed by atoms with E-state index in [1.165, 1.54) is 10.9 Å². The SMILES string of the molecule is CNC(c1ccc(Cl)c(F)c1)c1cc(Br)sc1C. The Kier molecular flexibility index (Phi) is 4.43. The summed E-state index contributed by atoms with van der Waals surface area (Å²) in [5.74, 6) is -0.388. The molecule has 0 aliphatic rings. The predicted molar refractivity (Wildman–Crippen MR) is 79.1 cm³/mol. The molecule has 0 aliphatic heterocycles. The van der Waals surface area contributed by atoms with E-state index in [0.29, 0.717) is 0 Å². The van der Waals surface area contributed by atoms with Crippen LogP contribution in [0.1, 0.15) is 22.0 Å². The van der Waals surface area contributed by atoms with Crippen LogP contribution >= 0.6 is 38.9 Å². The molecule has 1 unspecified atom stereocenters. The highest BCUT2D eigenvalue weighted by Crippen LogP contribution is 2.34. The summed E-state index contributed by atoms with van der Waals surface area (Å²) in [5.41, 5.74) is 2.02. The van der Waals surface area contributed by atoms with E-state index in [4.69, 9.17) is 11.6 Å². The fraction of sp³-hybridized carbons (Fsp3) is 0.231. The molecule has 1 nitrogen and oxygen atoms in total. The highest BCUT2D eigenvalue weighted by Gasteiger charge is 2.17. The summed E-state index contributed by atoms with van der Waals surface area (Å²) in [6.45, 7) is 2.06. The maximum absolute atomic E-state index is 13.5. The van der Waals surface area contributed by atoms with Gasteiger partial charge in [0.15, 0.2) is 0 Å². The lowest BCUT2D eigenvalue weighted by Gasteiger charge is -2.17. The lowest BCUT2D eigenvalue weighted by molar-refractivity contribution is 0.617. The summed E-state index contributed by atoms with van der Waals surface area (Å²) >= 11 is 10.9. The Bertz CT molecular complexity index is 570. The van der Waals surface area contributed by atoms with Crippen molar-refractivity contribution in [3.05, 3.63) is 54.9 Å². The van der Waals surface area contributed by atoms with Gasteiger partial charge in [0.2, 0.25) is 0 Å². The van der Waals surface area contributed by atoms with Gasteiger partial charge >= 0.3 is 0 Å². The molecule has 0 aliphatic carbocycles. The van der Waals surface area contributed by atoms with E-state index in [1.54, 1.807) is 17.4 Å². The number of nitrogens with one attached hydrogen (secondary N) is 1. The number of aryl methyl sites for hydroxylation is 1. The monoisotopic (exact) mass is 347 g/mol. The molecule has 18 heavy (non-hydrogen) atoms. The van der Waals surface area contributed by atoms with Crippen molar-refractivity contribution in [2.75, 3.05) is 7.05 Å². The minimum absolute atomic E-state index is 0.0284. The number of rotatable bonds is 3. The molecule has 5 heteroatoms. The highest BCUT2D eigenvalue weighted by molar-refractivity contribution is 9.11. The van der Waals surface area contributed by atoms with Crippen LogP contribution in [0.15, 0.2) is 28.1 Å². The molecule has 1 atom stereocenters. The number of hydrogen-bond donors (Lipinski definition) is 1. The third-order valence-corrected chi connectivity index (χ3v) is 4.68. The Hall–Kier alpha value is -0.420. The van der Waals surface area contributed by atoms with E-state index >= 15 is 0 Å². The highest BCUT2D eigenvalue weighted by atomic mass is 79.9. The van der Waals surface area contributed by atoms with Crippen LogP contribution in [0, 0.1) is 12.7 Å². The van der Waals surface area contributed by atoms with Crippen molar-refractivity contribution in [2.24, 2.45) is 0 Å². The van der Waals surface area contributed by atoms with Crippen LogP contribution in [0.3, 0.4) is 0 Å². The number of halogens is 3. The molecule has 0 saturated carbocycles. The predicted octanol–water partition coefficient (Wildman–Crippen LogP) is 4.92. The van der Waals surface area contributed by atoms with Crippen LogP contribution in [0.4, 0.5) is 4.39 Å². The van der Waals surface area contributed by atoms with Crippen molar-refractivity contribution in [3.63, 3.8) is 0 Å². The largest absolute Gasteiger partial charge is 0.309 e. The summed E-state index contributed by atoms with van der Waals surface area (Å²) in [5, 5.41) is 3.36. The van der Waals surface area contributed by atoms with Crippen molar-refractivity contribution in [1.29, 1.82) is 0 Å². The minimum atomic E-state index is -0.388. The summed E-state index contributed by atoms with van der Waals surface area (Å²) in [6.07, 6.45) is 0. The van der Waals surface area contributed by atoms with Crippen LogP contribution in [0.25, 0.3) is 0 Å². The van der Waals surface area contributed by atoms with Crippen molar-refractivity contribution >= 4 is 38.9 Å². The van der Waals surface area contributed by atoms with Crippen molar-refractivity contribution in [2.45, 2.75) is 13.0 Å². The number of thiophene rings is 1. The van der Waals surface area contributed by atoms with Gasteiger partial charge in [-0.25, -0.2) is 4.39 Å². The zero-order valence-corrected chi connectivity index (χ0v) is 13.1. The molecule has 0 spiro atoms. The molecule has 2 aromatic rings. The average Bonchev–Trinajstić information content (AvgIpc) is 2.64. The minimum Gasteiger partial charge on any atom is -0.309 e. The molecule has 0 radical (unpaired) electrons. The van der Waals surface area contributed by atoms with Crippen LogP contribution < -0.4 is 5.32 Å². The van der Waals surface area contributed by atoms with Crippen molar-refractivity contribution < 1.29 is 4.39 Å². The van der Waals surface area contributed by atoms with Gasteiger partial charge in [-0.3, -0.25) is 0 Å². The van der Waals surface area contributed by atoms with Gasteiger partial charge in [0.25, 0.3) is 0 Å². The van der Waals surface area contributed by atoms with Gasteiger partial charge in [-0.1, -0.05) is 17.7 Å². The third kappa shape index (κ3) is 2.77. The molecule has 1 N–H and O–H groups in total. The van der Waals surface area contributed by atoms with Crippen LogP contribution in [-0.2, 0) is 0 Å². The topological polar surface area (TPSA) is 12.0 Å². The van der Waals surface area contributed by atoms with Crippen molar-refractivity contribution in [3.8, 4) is 0 Å². The molecule has 2 rings (SSSR count). The summed E-state index contributed by atoms with van der Waals surface area (Å²) in [7, 11) is 1.86.